The van der Waals surface area contributed by atoms with Crippen LogP contribution >= 0.6 is 0 Å². The number of nitrogens with zero attached hydrogens (tertiary/aromatic N) is 2. The molecule has 0 aliphatic heterocycles. The van der Waals surface area contributed by atoms with Crippen LogP contribution in [-0.2, 0) is 0 Å². The van der Waals surface area contributed by atoms with Gasteiger partial charge in [0, 0.05) is 0 Å². The zero-order chi connectivity index (χ0) is 6.99. The van der Waals surface area contributed by atoms with E-state index in [1.54, 1.807) is 0 Å². The van der Waals surface area contributed by atoms with E-state index in [1.807, 2.05) is 38.8 Å². The number of nitriles is 1. The number of rotatable bonds is 0. The Balaban J connectivity index is 0. The first kappa shape index (κ1) is 10.5. The Labute approximate surface area is 52.3 Å². The predicted molar refractivity (Wildman–Crippen MR) is 38.2 cm³/mol. The average Bonchev–Trinajstić information content (AvgIpc) is 1.65. The van der Waals surface area contributed by atoms with E-state index < -0.39 is 0 Å². The van der Waals surface area contributed by atoms with Crippen LogP contribution in [0.3, 0.4) is 0 Å². The molecule has 0 saturated carbocycles. The second-order valence-electron chi connectivity index (χ2n) is 1.85. The molecule has 0 aliphatic carbocycles. The summed E-state index contributed by atoms with van der Waals surface area (Å²) in [5.41, 5.74) is 0. The van der Waals surface area contributed by atoms with E-state index in [4.69, 9.17) is 5.26 Å². The van der Waals surface area contributed by atoms with E-state index in [2.05, 4.69) is 0 Å². The largest absolute Gasteiger partial charge is 0.312 e. The fraction of sp³-hybridized carbons (Fsp3) is 0.800. The maximum Gasteiger partial charge on any atom is 0.247 e. The summed E-state index contributed by atoms with van der Waals surface area (Å²) in [7, 11) is 6.62. The van der Waals surface area contributed by atoms with Crippen molar-refractivity contribution in [1.82, 2.24) is 4.90 Å². The van der Waals surface area contributed by atoms with E-state index in [0.29, 0.717) is 7.28 Å². The second kappa shape index (κ2) is 9.72. The lowest BCUT2D eigenvalue weighted by molar-refractivity contribution is 0.505. The van der Waals surface area contributed by atoms with Gasteiger partial charge in [-0.3, -0.25) is 0 Å². The van der Waals surface area contributed by atoms with Gasteiger partial charge in [0.1, 0.15) is 0 Å². The zero-order valence-electron chi connectivity index (χ0n) is 6.10. The fourth-order valence-corrected chi connectivity index (χ4v) is 0. The maximum absolute atomic E-state index is 7.62. The average molecular weight is 112 g/mol. The smallest absolute Gasteiger partial charge is 0.247 e. The Morgan fingerprint density at radius 2 is 1.50 bits per heavy atom. The lowest BCUT2D eigenvalue weighted by Crippen LogP contribution is -1.99. The Hall–Kier alpha value is -0.485. The van der Waals surface area contributed by atoms with Crippen LogP contribution in [0, 0.1) is 11.2 Å². The molecule has 0 saturated heterocycles. The van der Waals surface area contributed by atoms with Gasteiger partial charge in [-0.15, -0.1) is 0 Å². The molecular formula is C5H13BN2. The summed E-state index contributed by atoms with van der Waals surface area (Å²) >= 11 is 0. The first-order valence-electron chi connectivity index (χ1n) is 2.63. The Morgan fingerprint density at radius 1 is 1.38 bits per heavy atom. The Kier molecular flexibility index (Phi) is 12.7. The molecule has 0 spiro atoms. The van der Waals surface area contributed by atoms with Gasteiger partial charge in [0.15, 0.2) is 0 Å². The fourth-order valence-electron chi connectivity index (χ4n) is 0. The highest BCUT2D eigenvalue weighted by molar-refractivity contribution is 6.43. The van der Waals surface area contributed by atoms with E-state index in [-0.39, 0.29) is 0 Å². The lowest BCUT2D eigenvalue weighted by atomic mass is 9.86. The van der Waals surface area contributed by atoms with Gasteiger partial charge >= 0.3 is 0 Å². The first-order valence-corrected chi connectivity index (χ1v) is 2.63. The lowest BCUT2D eigenvalue weighted by Gasteiger charge is -1.90. The summed E-state index contributed by atoms with van der Waals surface area (Å²) < 4.78 is 0. The van der Waals surface area contributed by atoms with Crippen molar-refractivity contribution in [1.29, 1.82) is 5.26 Å². The minimum absolute atomic E-state index is 0.625. The molecule has 0 heterocycles. The van der Waals surface area contributed by atoms with Crippen LogP contribution in [-0.4, -0.2) is 33.3 Å². The van der Waals surface area contributed by atoms with Gasteiger partial charge in [-0.25, -0.2) is 5.26 Å². The normalized spacial score (nSPS) is 6.50. The molecule has 3 heteroatoms. The first-order chi connectivity index (χ1) is 3.65. The standard InChI is InChI=1S/C3H9N.C2H4BN/c1-4(2)3;1-3-2-4/h1-3H3;3H,1H3. The molecule has 2 nitrogen and oxygen atoms in total. The minimum Gasteiger partial charge on any atom is -0.312 e. The van der Waals surface area contributed by atoms with E-state index >= 15 is 0 Å². The highest BCUT2D eigenvalue weighted by Gasteiger charge is 1.58. The summed E-state index contributed by atoms with van der Waals surface area (Å²) in [4.78, 5) is 2.00. The van der Waals surface area contributed by atoms with E-state index in [9.17, 15) is 0 Å². The SMILES string of the molecule is CBC#N.CN(C)C. The van der Waals surface area contributed by atoms with E-state index in [0.717, 1.165) is 0 Å². The van der Waals surface area contributed by atoms with Gasteiger partial charge in [0.2, 0.25) is 7.28 Å². The van der Waals surface area contributed by atoms with Gasteiger partial charge in [-0.1, -0.05) is 6.82 Å². The van der Waals surface area contributed by atoms with Crippen molar-refractivity contribution in [3.63, 3.8) is 0 Å². The Morgan fingerprint density at radius 3 is 1.50 bits per heavy atom. The van der Waals surface area contributed by atoms with E-state index in [1.165, 1.54) is 0 Å². The van der Waals surface area contributed by atoms with Crippen molar-refractivity contribution in [2.45, 2.75) is 6.82 Å². The topological polar surface area (TPSA) is 27.0 Å². The van der Waals surface area contributed by atoms with Crippen molar-refractivity contribution in [3.05, 3.63) is 0 Å². The van der Waals surface area contributed by atoms with Gasteiger partial charge < -0.3 is 4.90 Å². The molecule has 0 N–H and O–H groups in total. The molecule has 0 amide bonds. The maximum atomic E-state index is 7.62. The molecular weight excluding hydrogens is 98.9 g/mol. The van der Waals surface area contributed by atoms with Crippen molar-refractivity contribution in [3.8, 4) is 5.97 Å². The molecule has 0 aromatic carbocycles. The van der Waals surface area contributed by atoms with Crippen LogP contribution in [0.2, 0.25) is 6.82 Å². The monoisotopic (exact) mass is 112 g/mol. The molecule has 0 aliphatic rings. The van der Waals surface area contributed by atoms with Gasteiger partial charge in [0.05, 0.1) is 0 Å². The zero-order valence-corrected chi connectivity index (χ0v) is 6.10. The third-order valence-corrected chi connectivity index (χ3v) is 0.158. The molecule has 0 radical (unpaired) electrons. The molecule has 0 atom stereocenters. The third-order valence-electron chi connectivity index (χ3n) is 0.158. The summed E-state index contributed by atoms with van der Waals surface area (Å²) in [6, 6.07) is 0. The number of hydrogen-bond donors (Lipinski definition) is 0. The molecule has 0 unspecified atom stereocenters. The summed E-state index contributed by atoms with van der Waals surface area (Å²) in [5, 5.41) is 7.62. The molecule has 0 aromatic heterocycles. The summed E-state index contributed by atoms with van der Waals surface area (Å²) in [6.07, 6.45) is 0. The van der Waals surface area contributed by atoms with Crippen LogP contribution in [0.5, 0.6) is 0 Å². The van der Waals surface area contributed by atoms with Gasteiger partial charge in [-0.05, 0) is 27.1 Å². The molecule has 0 bridgehead atoms. The highest BCUT2D eigenvalue weighted by atomic mass is 15.0. The molecule has 0 aromatic rings. The minimum atomic E-state index is 0.625. The van der Waals surface area contributed by atoms with Crippen LogP contribution in [0.15, 0.2) is 0 Å². The quantitative estimate of drug-likeness (QED) is 0.416. The van der Waals surface area contributed by atoms with Crippen molar-refractivity contribution in [2.75, 3.05) is 21.1 Å². The second-order valence-corrected chi connectivity index (χ2v) is 1.85. The highest BCUT2D eigenvalue weighted by Crippen LogP contribution is 1.47. The molecule has 8 heavy (non-hydrogen) atoms. The van der Waals surface area contributed by atoms with Crippen LogP contribution in [0.1, 0.15) is 0 Å². The van der Waals surface area contributed by atoms with Crippen molar-refractivity contribution < 1.29 is 0 Å². The Bertz CT molecular complexity index is 62.6. The van der Waals surface area contributed by atoms with Gasteiger partial charge in [-0.2, -0.15) is 0 Å². The molecule has 0 rings (SSSR count). The molecule has 46 valence electrons. The summed E-state index contributed by atoms with van der Waals surface area (Å²) in [6.45, 7) is 1.82. The van der Waals surface area contributed by atoms with Crippen LogP contribution in [0.25, 0.3) is 0 Å². The molecule has 0 fully saturated rings. The third kappa shape index (κ3) is 424. The number of hydrogen-bond acceptors (Lipinski definition) is 2. The van der Waals surface area contributed by atoms with Gasteiger partial charge in [0.25, 0.3) is 0 Å². The van der Waals surface area contributed by atoms with Crippen molar-refractivity contribution >= 4 is 7.28 Å². The predicted octanol–water partition coefficient (Wildman–Crippen LogP) is 0.130. The van der Waals surface area contributed by atoms with Crippen LogP contribution in [0.4, 0.5) is 0 Å². The van der Waals surface area contributed by atoms with Crippen LogP contribution < -0.4 is 0 Å². The summed E-state index contributed by atoms with van der Waals surface area (Å²) in [5.74, 6) is 1.93. The van der Waals surface area contributed by atoms with Crippen molar-refractivity contribution in [2.24, 2.45) is 0 Å².